The highest BCUT2D eigenvalue weighted by atomic mass is 32.1. The molecule has 0 spiro atoms. The molecule has 0 saturated carbocycles. The van der Waals surface area contributed by atoms with Crippen molar-refractivity contribution in [1.29, 1.82) is 0 Å². The van der Waals surface area contributed by atoms with Gasteiger partial charge in [-0.05, 0) is 199 Å². The summed E-state index contributed by atoms with van der Waals surface area (Å²) in [5, 5.41) is 22.0. The van der Waals surface area contributed by atoms with E-state index in [1.54, 1.807) is 41.8 Å². The molecule has 0 fully saturated rings. The lowest BCUT2D eigenvalue weighted by molar-refractivity contribution is -0.659. The fraction of sp³-hybridized carbons (Fsp3) is 0.102. The van der Waals surface area contributed by atoms with Crippen LogP contribution in [-0.4, -0.2) is 9.97 Å². The van der Waals surface area contributed by atoms with E-state index in [4.69, 9.17) is 12.3 Å². The first kappa shape index (κ1) is 78.8. The molecule has 0 atom stereocenters. The first-order valence-electron chi connectivity index (χ1n) is 51.5. The summed E-state index contributed by atoms with van der Waals surface area (Å²) >= 11 is 8.90. The fourth-order valence-electron chi connectivity index (χ4n) is 20.6. The van der Waals surface area contributed by atoms with Gasteiger partial charge in [-0.25, -0.2) is 22.8 Å². The third-order valence-corrected chi connectivity index (χ3v) is 33.5. The summed E-state index contributed by atoms with van der Waals surface area (Å²) in [6, 6.07) is 119. The fourth-order valence-corrected chi connectivity index (χ4v) is 26.7. The molecule has 0 N–H and O–H groups in total. The van der Waals surface area contributed by atoms with Gasteiger partial charge >= 0.3 is 0 Å². The molecule has 0 unspecified atom stereocenters. The number of pyridine rings is 7. The quantitative estimate of drug-likeness (QED) is 0.149. The molecule has 0 aliphatic rings. The Bertz CT molecular complexity index is 10100. The molecule has 0 aliphatic carbocycles. The summed E-state index contributed by atoms with van der Waals surface area (Å²) < 4.78 is 94.3. The molecule has 140 heavy (non-hydrogen) atoms. The van der Waals surface area contributed by atoms with E-state index in [9.17, 15) is 0 Å². The maximum absolute atomic E-state index is 8.27. The molecule has 0 aliphatic heterocycles. The van der Waals surface area contributed by atoms with Crippen LogP contribution < -0.4 is 22.8 Å². The van der Waals surface area contributed by atoms with Gasteiger partial charge in [0.2, 0.25) is 28.5 Å². The Kier molecular flexibility index (Phi) is 20.6. The highest BCUT2D eigenvalue weighted by molar-refractivity contribution is 7.28. The number of rotatable bonds is 7. The summed E-state index contributed by atoms with van der Waals surface area (Å²) in [6.45, 7) is 3.87. The second-order valence-electron chi connectivity index (χ2n) is 36.5. The number of fused-ring (bicyclic) bond motifs is 24. The van der Waals surface area contributed by atoms with Crippen LogP contribution in [0, 0.1) is 55.2 Å². The Morgan fingerprint density at radius 2 is 0.650 bits per heavy atom. The van der Waals surface area contributed by atoms with Crippen molar-refractivity contribution in [2.24, 2.45) is 35.2 Å². The normalized spacial score (nSPS) is 12.8. The van der Waals surface area contributed by atoms with Gasteiger partial charge in [-0.15, -0.1) is 56.7 Å². The number of nitrogens with zero attached hydrogens (tertiary/aromatic N) is 7. The highest BCUT2D eigenvalue weighted by Gasteiger charge is 2.29. The second kappa shape index (κ2) is 36.6. The van der Waals surface area contributed by atoms with Crippen LogP contribution in [0.4, 0.5) is 0 Å². The van der Waals surface area contributed by atoms with Gasteiger partial charge < -0.3 is 0 Å². The van der Waals surface area contributed by atoms with Crippen molar-refractivity contribution in [2.75, 3.05) is 0 Å². The van der Waals surface area contributed by atoms with E-state index in [2.05, 4.69) is 368 Å². The van der Waals surface area contributed by atoms with Gasteiger partial charge in [-0.3, -0.25) is 9.97 Å². The first-order chi connectivity index (χ1) is 71.9. The van der Waals surface area contributed by atoms with Gasteiger partial charge in [0.25, 0.3) is 0 Å². The first-order valence-corrected chi connectivity index (χ1v) is 51.0. The summed E-state index contributed by atoms with van der Waals surface area (Å²) in [5.41, 5.74) is 25.2. The van der Waals surface area contributed by atoms with E-state index >= 15 is 0 Å². The van der Waals surface area contributed by atoms with Crippen molar-refractivity contribution >= 4 is 212 Å². The maximum Gasteiger partial charge on any atom is 0.221 e. The molecular weight excluding hydrogens is 1800 g/mol. The zero-order valence-corrected chi connectivity index (χ0v) is 83.1. The molecule has 27 rings (SSSR count). The van der Waals surface area contributed by atoms with Crippen LogP contribution in [0.3, 0.4) is 0 Å². The standard InChI is InChI=1S/C31H26NS.C29H22NS.C23H19N2S.C23H18NS.C22H17N2S/c1-19-10-13-26(20(2)14-19)30-29-27-16-25-15-23(22-8-6-5-7-9-22)11-12-24(25)17-28(27)33-31(29)21(3)18-32(30)4;1-19-8-6-7-11-23(19)28-27-24-15-14-21-12-13-22(20-9-4-3-5-10-20)18-25(21)29(24)31-26(27)16-17-30(28)2;1-14-6-8-17(15(2)13-14)22-20-18-9-7-16-5-4-11-24-21(16)23(18)26-19(20)10-12-25(22)3;1-15-7-3-5-9-17(15)21-13-22-20(14-24(21)2)19-12-11-16-8-4-6-10-18(16)23(19)25-22;1-14-6-3-4-8-16(14)21-19-17-10-9-15-7-5-12-23-20(15)22(17)25-18(19)11-13-24(21)2/h5-18H,1-4H3;3-18H,1-2H3;4-13H,1-3H3;3-14H,1-2H3;3-13H,1-2H3/q5*+1/i1D3,3D3;;1D3;;. The zero-order valence-electron chi connectivity index (χ0n) is 88.0. The van der Waals surface area contributed by atoms with E-state index in [1.807, 2.05) is 121 Å². The van der Waals surface area contributed by atoms with Crippen LogP contribution in [0.15, 0.2) is 383 Å². The average Bonchev–Trinajstić information content (AvgIpc) is 1.60. The maximum atomic E-state index is 8.27. The minimum atomic E-state index is -2.28. The van der Waals surface area contributed by atoms with Crippen molar-refractivity contribution in [3.05, 3.63) is 428 Å². The molecule has 12 aromatic heterocycles. The van der Waals surface area contributed by atoms with Crippen LogP contribution >= 0.6 is 56.7 Å². The van der Waals surface area contributed by atoms with Crippen molar-refractivity contribution in [3.63, 3.8) is 0 Å². The number of aryl methyl sites for hydroxylation is 13. The lowest BCUT2D eigenvalue weighted by Crippen LogP contribution is -2.31. The molecule has 0 bridgehead atoms. The minimum absolute atomic E-state index is 0.288. The SMILES string of the molecule is Cc1ccccc1-c1c2c(cc[n+]1C)sc1c2ccc2cccnc21.Cc1ccccc1-c1c2c(cc[n+]1C)sc1c3cc(-c4ccccc4)ccc3ccc12.Cc1ccccc1-c1cc2sc3c4ccccc4ccc3c2c[n+]1C.[2H]C([2H])([2H])c1ccc(-c2c3c(cc[n+]2C)sc2c3ccc3cccnc32)c(C)c1.[2H]C([2H])([2H])c1ccc(-c2c3c(sc4cc5ccc(-c6ccccc6)cc5cc43)c(C([2H])([2H])[2H])c[n+]2C)c(C)c1. The number of hydrogen-bond donors (Lipinski definition) is 0. The van der Waals surface area contributed by atoms with E-state index in [0.29, 0.717) is 11.1 Å². The molecule has 0 radical (unpaired) electrons. The molecule has 0 saturated heterocycles. The topological polar surface area (TPSA) is 45.2 Å². The highest BCUT2D eigenvalue weighted by Crippen LogP contribution is 2.49. The van der Waals surface area contributed by atoms with Crippen molar-refractivity contribution < 1.29 is 35.2 Å². The van der Waals surface area contributed by atoms with Crippen LogP contribution in [0.5, 0.6) is 0 Å². The molecule has 674 valence electrons. The monoisotopic (exact) mass is 1910 g/mol. The summed E-state index contributed by atoms with van der Waals surface area (Å²) in [5.74, 6) is 0. The summed E-state index contributed by atoms with van der Waals surface area (Å²) in [7, 11) is 10.3. The Balaban J connectivity index is 0.000000103. The summed E-state index contributed by atoms with van der Waals surface area (Å²) in [4.78, 5) is 9.28. The van der Waals surface area contributed by atoms with Crippen LogP contribution in [0.2, 0.25) is 0 Å². The Labute approximate surface area is 846 Å². The van der Waals surface area contributed by atoms with Gasteiger partial charge in [0.1, 0.15) is 35.2 Å². The van der Waals surface area contributed by atoms with Gasteiger partial charge in [0.15, 0.2) is 31.0 Å². The van der Waals surface area contributed by atoms with Crippen molar-refractivity contribution in [2.45, 2.75) is 55.2 Å². The van der Waals surface area contributed by atoms with Crippen molar-refractivity contribution in [3.8, 4) is 78.5 Å². The molecule has 27 aromatic rings. The minimum Gasteiger partial charge on any atom is -0.255 e. The van der Waals surface area contributed by atoms with Crippen LogP contribution in [-0.2, 0) is 35.2 Å². The lowest BCUT2D eigenvalue weighted by atomic mass is 9.96. The van der Waals surface area contributed by atoms with E-state index < -0.39 is 20.6 Å². The zero-order chi connectivity index (χ0) is 103. The Morgan fingerprint density at radius 3 is 1.19 bits per heavy atom. The molecular formula is C128H102N7S5+5. The third kappa shape index (κ3) is 16.0. The van der Waals surface area contributed by atoms with Crippen LogP contribution in [0.1, 0.15) is 56.8 Å². The predicted octanol–water partition coefficient (Wildman–Crippen LogP) is 33.1. The largest absolute Gasteiger partial charge is 0.255 e. The molecule has 15 aromatic carbocycles. The van der Waals surface area contributed by atoms with E-state index in [1.165, 1.54) is 181 Å². The van der Waals surface area contributed by atoms with Gasteiger partial charge in [-0.2, -0.15) is 0 Å². The Hall–Kier alpha value is -15.3. The van der Waals surface area contributed by atoms with Gasteiger partial charge in [0, 0.05) is 158 Å². The Morgan fingerprint density at radius 1 is 0.229 bits per heavy atom. The molecule has 7 nitrogen and oxygen atoms in total. The van der Waals surface area contributed by atoms with Gasteiger partial charge in [-0.1, -0.05) is 260 Å². The molecule has 12 heteroatoms. The number of benzene rings is 15. The average molecular weight is 1910 g/mol. The predicted molar refractivity (Wildman–Crippen MR) is 602 cm³/mol. The van der Waals surface area contributed by atoms with Gasteiger partial charge in [0.05, 0.1) is 52.1 Å². The number of thiophene rings is 5. The second-order valence-corrected chi connectivity index (χ2v) is 41.8. The van der Waals surface area contributed by atoms with E-state index in [-0.39, 0.29) is 5.56 Å². The third-order valence-electron chi connectivity index (χ3n) is 27.5. The molecule has 12 heterocycles. The molecule has 0 amide bonds. The number of aromatic nitrogens is 7. The van der Waals surface area contributed by atoms with Crippen LogP contribution in [0.25, 0.3) is 234 Å². The lowest BCUT2D eigenvalue weighted by Gasteiger charge is -2.09. The van der Waals surface area contributed by atoms with E-state index in [0.717, 1.165) is 92.1 Å². The smallest absolute Gasteiger partial charge is 0.221 e. The van der Waals surface area contributed by atoms with Crippen molar-refractivity contribution in [1.82, 2.24) is 9.97 Å². The summed E-state index contributed by atoms with van der Waals surface area (Å²) in [6.07, 6.45) is 14.1. The number of hydrogen-bond acceptors (Lipinski definition) is 7.